The van der Waals surface area contributed by atoms with Gasteiger partial charge in [-0.2, -0.15) is 0 Å². The molecule has 0 saturated carbocycles. The second-order valence-corrected chi connectivity index (χ2v) is 6.28. The highest BCUT2D eigenvalue weighted by atomic mass is 79.9. The van der Waals surface area contributed by atoms with Crippen LogP contribution in [-0.2, 0) is 0 Å². The molecule has 0 aromatic rings. The molecule has 0 amide bonds. The first kappa shape index (κ1) is 12.9. The molecule has 0 aromatic carbocycles. The first-order valence-corrected chi connectivity index (χ1v) is 7.70. The van der Waals surface area contributed by atoms with E-state index < -0.39 is 0 Å². The molecule has 0 spiro atoms. The summed E-state index contributed by atoms with van der Waals surface area (Å²) in [6.45, 7) is 0. The molecular weight excluding hydrogens is 404 g/mol. The van der Waals surface area contributed by atoms with E-state index in [9.17, 15) is 0 Å². The molecule has 2 unspecified atom stereocenters. The van der Waals surface area contributed by atoms with E-state index in [0.717, 1.165) is 10.7 Å². The summed E-state index contributed by atoms with van der Waals surface area (Å²) in [7, 11) is 0. The SMILES string of the molecule is BrCCCC(Br)C(Br)CCBr. The average Bonchev–Trinajstić information content (AvgIpc) is 2.00. The fraction of sp³-hybridized carbons (Fsp3) is 1.00. The van der Waals surface area contributed by atoms with Crippen LogP contribution in [0, 0.1) is 0 Å². The van der Waals surface area contributed by atoms with Crippen LogP contribution in [0.3, 0.4) is 0 Å². The van der Waals surface area contributed by atoms with Gasteiger partial charge in [0.05, 0.1) is 0 Å². The summed E-state index contributed by atoms with van der Waals surface area (Å²) in [6, 6.07) is 0. The van der Waals surface area contributed by atoms with Crippen molar-refractivity contribution in [1.82, 2.24) is 0 Å². The molecule has 0 saturated heterocycles. The van der Waals surface area contributed by atoms with Crippen LogP contribution in [0.2, 0.25) is 0 Å². The summed E-state index contributed by atoms with van der Waals surface area (Å²) in [5.41, 5.74) is 0. The molecule has 0 radical (unpaired) electrons. The second-order valence-electron chi connectivity index (χ2n) is 2.34. The summed E-state index contributed by atoms with van der Waals surface area (Å²) in [5, 5.41) is 2.17. The van der Waals surface area contributed by atoms with Crippen molar-refractivity contribution in [2.24, 2.45) is 0 Å². The first-order chi connectivity index (χ1) is 5.22. The minimum absolute atomic E-state index is 0.598. The zero-order valence-electron chi connectivity index (χ0n) is 6.20. The molecule has 0 aliphatic heterocycles. The van der Waals surface area contributed by atoms with E-state index in [0.29, 0.717) is 9.65 Å². The van der Waals surface area contributed by atoms with Crippen molar-refractivity contribution in [3.05, 3.63) is 0 Å². The van der Waals surface area contributed by atoms with Gasteiger partial charge in [-0.25, -0.2) is 0 Å². The van der Waals surface area contributed by atoms with E-state index in [1.807, 2.05) is 0 Å². The number of alkyl halides is 4. The molecule has 0 rings (SSSR count). The van der Waals surface area contributed by atoms with E-state index >= 15 is 0 Å². The quantitative estimate of drug-likeness (QED) is 0.561. The maximum absolute atomic E-state index is 3.66. The van der Waals surface area contributed by atoms with Gasteiger partial charge in [0, 0.05) is 20.3 Å². The summed E-state index contributed by atoms with van der Waals surface area (Å²) in [5.74, 6) is 0. The van der Waals surface area contributed by atoms with Crippen LogP contribution in [0.1, 0.15) is 19.3 Å². The molecule has 0 aromatic heterocycles. The first-order valence-electron chi connectivity index (χ1n) is 3.62. The van der Waals surface area contributed by atoms with Gasteiger partial charge in [0.25, 0.3) is 0 Å². The van der Waals surface area contributed by atoms with Gasteiger partial charge in [0.1, 0.15) is 0 Å². The molecule has 0 bridgehead atoms. The molecule has 4 heteroatoms. The van der Waals surface area contributed by atoms with Crippen molar-refractivity contribution in [2.75, 3.05) is 10.7 Å². The fourth-order valence-electron chi connectivity index (χ4n) is 0.738. The van der Waals surface area contributed by atoms with Crippen LogP contribution in [-0.4, -0.2) is 20.3 Å². The van der Waals surface area contributed by atoms with E-state index in [4.69, 9.17) is 0 Å². The van der Waals surface area contributed by atoms with Gasteiger partial charge in [-0.15, -0.1) is 0 Å². The zero-order valence-corrected chi connectivity index (χ0v) is 12.5. The van der Waals surface area contributed by atoms with Crippen LogP contribution in [0.25, 0.3) is 0 Å². The van der Waals surface area contributed by atoms with Crippen molar-refractivity contribution < 1.29 is 0 Å². The van der Waals surface area contributed by atoms with Crippen LogP contribution < -0.4 is 0 Å². The molecule has 0 aliphatic rings. The van der Waals surface area contributed by atoms with Crippen molar-refractivity contribution in [2.45, 2.75) is 28.9 Å². The highest BCUT2D eigenvalue weighted by Gasteiger charge is 2.13. The minimum atomic E-state index is 0.598. The van der Waals surface area contributed by atoms with Crippen LogP contribution in [0.4, 0.5) is 0 Å². The molecule has 11 heavy (non-hydrogen) atoms. The van der Waals surface area contributed by atoms with Gasteiger partial charge < -0.3 is 0 Å². The Balaban J connectivity index is 3.38. The van der Waals surface area contributed by atoms with Gasteiger partial charge >= 0.3 is 0 Å². The van der Waals surface area contributed by atoms with E-state index in [1.54, 1.807) is 0 Å². The smallest absolute Gasteiger partial charge is 0.0279 e. The summed E-state index contributed by atoms with van der Waals surface area (Å²) < 4.78 is 0. The van der Waals surface area contributed by atoms with Gasteiger partial charge in [-0.3, -0.25) is 0 Å². The van der Waals surface area contributed by atoms with Crippen LogP contribution >= 0.6 is 63.7 Å². The Morgan fingerprint density at radius 3 is 1.82 bits per heavy atom. The molecule has 0 nitrogen and oxygen atoms in total. The molecular formula is C7H12Br4. The summed E-state index contributed by atoms with van der Waals surface area (Å²) in [6.07, 6.45) is 3.65. The highest BCUT2D eigenvalue weighted by molar-refractivity contribution is 9.12. The van der Waals surface area contributed by atoms with Crippen molar-refractivity contribution in [1.29, 1.82) is 0 Å². The van der Waals surface area contributed by atoms with E-state index in [1.165, 1.54) is 19.3 Å². The third kappa shape index (κ3) is 7.03. The number of hydrogen-bond donors (Lipinski definition) is 0. The Hall–Kier alpha value is 1.92. The third-order valence-corrected chi connectivity index (χ3v) is 5.31. The summed E-state index contributed by atoms with van der Waals surface area (Å²) in [4.78, 5) is 1.21. The Kier molecular flexibility index (Phi) is 10.0. The summed E-state index contributed by atoms with van der Waals surface area (Å²) >= 11 is 14.1. The van der Waals surface area contributed by atoms with Gasteiger partial charge in [0.2, 0.25) is 0 Å². The Labute approximate surface area is 102 Å². The van der Waals surface area contributed by atoms with E-state index in [2.05, 4.69) is 63.7 Å². The lowest BCUT2D eigenvalue weighted by molar-refractivity contribution is 0.713. The minimum Gasteiger partial charge on any atom is -0.0928 e. The molecule has 0 N–H and O–H groups in total. The number of rotatable bonds is 6. The van der Waals surface area contributed by atoms with Gasteiger partial charge in [-0.05, 0) is 19.3 Å². The predicted molar refractivity (Wildman–Crippen MR) is 66.9 cm³/mol. The maximum Gasteiger partial charge on any atom is 0.0279 e. The van der Waals surface area contributed by atoms with E-state index in [-0.39, 0.29) is 0 Å². The fourth-order valence-corrected chi connectivity index (χ4v) is 3.25. The lowest BCUT2D eigenvalue weighted by Crippen LogP contribution is -2.14. The second kappa shape index (κ2) is 8.52. The topological polar surface area (TPSA) is 0 Å². The molecule has 2 atom stereocenters. The molecule has 0 fully saturated rings. The lowest BCUT2D eigenvalue weighted by atomic mass is 10.2. The third-order valence-electron chi connectivity index (χ3n) is 1.39. The normalized spacial score (nSPS) is 16.4. The Morgan fingerprint density at radius 1 is 0.818 bits per heavy atom. The molecule has 68 valence electrons. The Morgan fingerprint density at radius 2 is 1.36 bits per heavy atom. The number of hydrogen-bond acceptors (Lipinski definition) is 0. The Bertz CT molecular complexity index is 86.5. The predicted octanol–water partition coefficient (Wildman–Crippen LogP) is 4.47. The van der Waals surface area contributed by atoms with Gasteiger partial charge in [0.15, 0.2) is 0 Å². The monoisotopic (exact) mass is 412 g/mol. The molecule has 0 aliphatic carbocycles. The largest absolute Gasteiger partial charge is 0.0928 e. The standard InChI is InChI=1S/C7H12Br4/c8-4-1-2-6(10)7(11)3-5-9/h6-7H,1-5H2. The average molecular weight is 416 g/mol. The van der Waals surface area contributed by atoms with Crippen molar-refractivity contribution in [3.63, 3.8) is 0 Å². The molecule has 0 heterocycles. The maximum atomic E-state index is 3.66. The van der Waals surface area contributed by atoms with Crippen molar-refractivity contribution >= 4 is 63.7 Å². The van der Waals surface area contributed by atoms with Crippen LogP contribution in [0.5, 0.6) is 0 Å². The van der Waals surface area contributed by atoms with Gasteiger partial charge in [-0.1, -0.05) is 63.7 Å². The van der Waals surface area contributed by atoms with Crippen LogP contribution in [0.15, 0.2) is 0 Å². The lowest BCUT2D eigenvalue weighted by Gasteiger charge is -2.14. The number of halogens is 4. The zero-order chi connectivity index (χ0) is 8.69. The van der Waals surface area contributed by atoms with Crippen molar-refractivity contribution in [3.8, 4) is 0 Å². The highest BCUT2D eigenvalue weighted by Crippen LogP contribution is 2.22.